The first-order chi connectivity index (χ1) is 11.8. The molecule has 5 nitrogen and oxygen atoms in total. The van der Waals surface area contributed by atoms with Gasteiger partial charge < -0.3 is 10.3 Å². The number of hydrogen-bond donors (Lipinski definition) is 2. The molecule has 0 aliphatic heterocycles. The van der Waals surface area contributed by atoms with Crippen molar-refractivity contribution in [3.63, 3.8) is 0 Å². The van der Waals surface area contributed by atoms with Crippen LogP contribution in [0.15, 0.2) is 34.2 Å². The van der Waals surface area contributed by atoms with Crippen LogP contribution in [0, 0.1) is 11.6 Å². The third kappa shape index (κ3) is 6.50. The Morgan fingerprint density at radius 3 is 2.76 bits per heavy atom. The fourth-order valence-electron chi connectivity index (χ4n) is 1.79. The second kappa shape index (κ2) is 9.00. The molecular formula is C16H17F2N3O2S2. The fraction of sp³-hybridized carbons (Fsp3) is 0.312. The molecule has 0 atom stereocenters. The van der Waals surface area contributed by atoms with Gasteiger partial charge in [0.1, 0.15) is 11.6 Å². The summed E-state index contributed by atoms with van der Waals surface area (Å²) in [4.78, 5) is 30.4. The van der Waals surface area contributed by atoms with E-state index in [2.05, 4.69) is 15.3 Å². The van der Waals surface area contributed by atoms with E-state index in [9.17, 15) is 18.4 Å². The second-order valence-corrected chi connectivity index (χ2v) is 7.89. The highest BCUT2D eigenvalue weighted by Gasteiger charge is 2.10. The third-order valence-corrected chi connectivity index (χ3v) is 4.89. The highest BCUT2D eigenvalue weighted by atomic mass is 32.2. The average molecular weight is 385 g/mol. The molecule has 1 heterocycles. The van der Waals surface area contributed by atoms with E-state index in [-0.39, 0.29) is 17.0 Å². The van der Waals surface area contributed by atoms with Gasteiger partial charge in [0.05, 0.1) is 17.1 Å². The molecule has 0 saturated heterocycles. The van der Waals surface area contributed by atoms with Crippen molar-refractivity contribution >= 4 is 35.1 Å². The van der Waals surface area contributed by atoms with E-state index in [1.165, 1.54) is 6.07 Å². The zero-order valence-corrected chi connectivity index (χ0v) is 15.3. The number of aromatic nitrogens is 2. The van der Waals surface area contributed by atoms with Gasteiger partial charge in [-0.15, -0.1) is 0 Å². The van der Waals surface area contributed by atoms with Gasteiger partial charge in [-0.25, -0.2) is 13.8 Å². The highest BCUT2D eigenvalue weighted by Crippen LogP contribution is 2.19. The molecule has 134 valence electrons. The Morgan fingerprint density at radius 2 is 2.08 bits per heavy atom. The van der Waals surface area contributed by atoms with Crippen LogP contribution in [0.1, 0.15) is 19.5 Å². The highest BCUT2D eigenvalue weighted by molar-refractivity contribution is 7.99. The van der Waals surface area contributed by atoms with E-state index >= 15 is 0 Å². The van der Waals surface area contributed by atoms with Gasteiger partial charge in [-0.05, 0) is 17.4 Å². The van der Waals surface area contributed by atoms with E-state index in [1.54, 1.807) is 11.8 Å². The van der Waals surface area contributed by atoms with Crippen molar-refractivity contribution in [2.24, 2.45) is 0 Å². The minimum absolute atomic E-state index is 0.0689. The maximum absolute atomic E-state index is 13.5. The molecule has 0 aliphatic carbocycles. The van der Waals surface area contributed by atoms with Crippen LogP contribution in [0.4, 0.5) is 14.5 Å². The van der Waals surface area contributed by atoms with Crippen molar-refractivity contribution < 1.29 is 13.6 Å². The lowest BCUT2D eigenvalue weighted by atomic mass is 10.3. The molecule has 2 aromatic rings. The first-order valence-corrected chi connectivity index (χ1v) is 9.46. The van der Waals surface area contributed by atoms with Crippen LogP contribution in [-0.4, -0.2) is 26.9 Å². The van der Waals surface area contributed by atoms with Crippen molar-refractivity contribution in [1.29, 1.82) is 0 Å². The molecule has 0 radical (unpaired) electrons. The number of anilines is 1. The summed E-state index contributed by atoms with van der Waals surface area (Å²) in [5.74, 6) is -1.52. The van der Waals surface area contributed by atoms with E-state index in [0.29, 0.717) is 27.9 Å². The fourth-order valence-corrected chi connectivity index (χ4v) is 3.14. The SMILES string of the molecule is CC(C)SCc1cc(=O)[nH]c(SCC(=O)Nc2ccc(F)cc2F)n1. The first kappa shape index (κ1) is 19.5. The quantitative estimate of drug-likeness (QED) is 0.564. The van der Waals surface area contributed by atoms with Gasteiger partial charge in [0.2, 0.25) is 5.91 Å². The van der Waals surface area contributed by atoms with E-state index in [4.69, 9.17) is 0 Å². The average Bonchev–Trinajstić information content (AvgIpc) is 2.53. The molecule has 2 rings (SSSR count). The number of benzene rings is 1. The molecule has 0 saturated carbocycles. The van der Waals surface area contributed by atoms with Crippen LogP contribution in [-0.2, 0) is 10.5 Å². The Morgan fingerprint density at radius 1 is 1.32 bits per heavy atom. The number of aromatic amines is 1. The Labute approximate surface area is 152 Å². The molecule has 9 heteroatoms. The predicted molar refractivity (Wildman–Crippen MR) is 97.0 cm³/mol. The smallest absolute Gasteiger partial charge is 0.251 e. The molecule has 2 N–H and O–H groups in total. The number of thioether (sulfide) groups is 2. The number of nitrogens with one attached hydrogen (secondary N) is 2. The summed E-state index contributed by atoms with van der Waals surface area (Å²) in [6.07, 6.45) is 0. The second-order valence-electron chi connectivity index (χ2n) is 5.36. The van der Waals surface area contributed by atoms with E-state index in [0.717, 1.165) is 23.9 Å². The number of hydrogen-bond acceptors (Lipinski definition) is 5. The van der Waals surface area contributed by atoms with Gasteiger partial charge in [0, 0.05) is 17.9 Å². The summed E-state index contributed by atoms with van der Waals surface area (Å²) in [5, 5.41) is 3.08. The number of H-pyrrole nitrogens is 1. The normalized spacial score (nSPS) is 10.9. The van der Waals surface area contributed by atoms with Gasteiger partial charge in [0.15, 0.2) is 5.16 Å². The minimum Gasteiger partial charge on any atom is -0.323 e. The van der Waals surface area contributed by atoms with Gasteiger partial charge in [-0.2, -0.15) is 11.8 Å². The standard InChI is InChI=1S/C16H17F2N3O2S2/c1-9(2)24-7-11-6-14(22)21-16(19-11)25-8-15(23)20-13-4-3-10(17)5-12(13)18/h3-6,9H,7-8H2,1-2H3,(H,20,23)(H,19,21,22). The van der Waals surface area contributed by atoms with Gasteiger partial charge in [-0.3, -0.25) is 9.59 Å². The Bertz CT molecular complexity index is 812. The van der Waals surface area contributed by atoms with Crippen molar-refractivity contribution in [3.05, 3.63) is 51.9 Å². The maximum atomic E-state index is 13.5. The molecule has 0 fully saturated rings. The summed E-state index contributed by atoms with van der Waals surface area (Å²) in [5.41, 5.74) is 0.243. The lowest BCUT2D eigenvalue weighted by molar-refractivity contribution is -0.113. The molecule has 0 aliphatic rings. The third-order valence-electron chi connectivity index (χ3n) is 2.88. The van der Waals surface area contributed by atoms with Crippen molar-refractivity contribution in [2.45, 2.75) is 30.0 Å². The van der Waals surface area contributed by atoms with Crippen LogP contribution in [0.25, 0.3) is 0 Å². The number of rotatable bonds is 7. The summed E-state index contributed by atoms with van der Waals surface area (Å²) < 4.78 is 26.3. The molecule has 1 aromatic carbocycles. The number of halogens is 2. The number of carbonyl (C=O) groups excluding carboxylic acids is 1. The zero-order chi connectivity index (χ0) is 18.4. The van der Waals surface area contributed by atoms with Gasteiger partial charge in [0.25, 0.3) is 5.56 Å². The van der Waals surface area contributed by atoms with Crippen LogP contribution in [0.5, 0.6) is 0 Å². The predicted octanol–water partition coefficient (Wildman–Crippen LogP) is 3.42. The monoisotopic (exact) mass is 385 g/mol. The number of amides is 1. The summed E-state index contributed by atoms with van der Waals surface area (Å²) in [7, 11) is 0. The van der Waals surface area contributed by atoms with Gasteiger partial charge in [-0.1, -0.05) is 25.6 Å². The summed E-state index contributed by atoms with van der Waals surface area (Å²) in [6.45, 7) is 4.10. The Balaban J connectivity index is 1.95. The van der Waals surface area contributed by atoms with Crippen LogP contribution in [0.3, 0.4) is 0 Å². The zero-order valence-electron chi connectivity index (χ0n) is 13.6. The first-order valence-electron chi connectivity index (χ1n) is 7.43. The molecule has 1 amide bonds. The molecule has 0 unspecified atom stereocenters. The minimum atomic E-state index is -0.849. The lowest BCUT2D eigenvalue weighted by Gasteiger charge is -2.07. The van der Waals surface area contributed by atoms with Crippen LogP contribution < -0.4 is 10.9 Å². The van der Waals surface area contributed by atoms with Crippen molar-refractivity contribution in [1.82, 2.24) is 9.97 Å². The number of nitrogens with zero attached hydrogens (tertiary/aromatic N) is 1. The Hall–Kier alpha value is -1.87. The summed E-state index contributed by atoms with van der Waals surface area (Å²) in [6, 6.07) is 4.32. The molecule has 0 bridgehead atoms. The number of carbonyl (C=O) groups is 1. The van der Waals surface area contributed by atoms with E-state index < -0.39 is 17.5 Å². The van der Waals surface area contributed by atoms with Gasteiger partial charge >= 0.3 is 0 Å². The topological polar surface area (TPSA) is 74.8 Å². The molecule has 1 aromatic heterocycles. The maximum Gasteiger partial charge on any atom is 0.251 e. The Kier molecular flexibility index (Phi) is 7.01. The van der Waals surface area contributed by atoms with Crippen LogP contribution in [0.2, 0.25) is 0 Å². The lowest BCUT2D eigenvalue weighted by Crippen LogP contribution is -2.16. The largest absolute Gasteiger partial charge is 0.323 e. The summed E-state index contributed by atoms with van der Waals surface area (Å²) >= 11 is 2.69. The molecule has 25 heavy (non-hydrogen) atoms. The molecular weight excluding hydrogens is 368 g/mol. The van der Waals surface area contributed by atoms with Crippen LogP contribution >= 0.6 is 23.5 Å². The molecule has 0 spiro atoms. The van der Waals surface area contributed by atoms with Crippen molar-refractivity contribution in [2.75, 3.05) is 11.1 Å². The van der Waals surface area contributed by atoms with Crippen molar-refractivity contribution in [3.8, 4) is 0 Å². The van der Waals surface area contributed by atoms with E-state index in [1.807, 2.05) is 13.8 Å².